The van der Waals surface area contributed by atoms with Crippen molar-refractivity contribution in [2.24, 2.45) is 0 Å². The van der Waals surface area contributed by atoms with Crippen molar-refractivity contribution in [3.05, 3.63) is 38.6 Å². The van der Waals surface area contributed by atoms with Gasteiger partial charge in [0.15, 0.2) is 0 Å². The van der Waals surface area contributed by atoms with Crippen molar-refractivity contribution in [3.63, 3.8) is 0 Å². The number of phenolic OH excluding ortho intramolecular Hbond substituents is 1. The lowest BCUT2D eigenvalue weighted by Crippen LogP contribution is -2.11. The number of aryl methyl sites for hydroxylation is 1. The van der Waals surface area contributed by atoms with Crippen LogP contribution in [0.25, 0.3) is 0 Å². The van der Waals surface area contributed by atoms with Crippen molar-refractivity contribution in [1.29, 1.82) is 0 Å². The highest BCUT2D eigenvalue weighted by atomic mass is 79.9. The van der Waals surface area contributed by atoms with E-state index in [1.54, 1.807) is 6.07 Å². The van der Waals surface area contributed by atoms with Crippen LogP contribution in [0.3, 0.4) is 0 Å². The maximum atomic E-state index is 12.1. The topological polar surface area (TPSA) is 66.4 Å². The number of phenols is 1. The molecule has 2 aromatic rings. The lowest BCUT2D eigenvalue weighted by Gasteiger charge is -2.07. The summed E-state index contributed by atoms with van der Waals surface area (Å²) in [7, 11) is -3.66. The smallest absolute Gasteiger partial charge is 0.271 e. The van der Waals surface area contributed by atoms with Gasteiger partial charge in [-0.15, -0.1) is 11.3 Å². The molecule has 0 radical (unpaired) electrons. The number of thiophene rings is 1. The van der Waals surface area contributed by atoms with Crippen molar-refractivity contribution >= 4 is 54.6 Å². The van der Waals surface area contributed by atoms with Gasteiger partial charge in [0.1, 0.15) is 9.96 Å². The molecule has 0 bridgehead atoms. The van der Waals surface area contributed by atoms with E-state index in [2.05, 4.69) is 20.7 Å². The molecule has 1 aromatic heterocycles. The molecular weight excluding hydrogens is 374 g/mol. The number of hydrogen-bond donors (Lipinski definition) is 2. The van der Waals surface area contributed by atoms with Crippen LogP contribution in [0.2, 0.25) is 5.02 Å². The van der Waals surface area contributed by atoms with Gasteiger partial charge in [0.25, 0.3) is 10.0 Å². The Balaban J connectivity index is 2.33. The molecule has 2 rings (SSSR count). The van der Waals surface area contributed by atoms with Crippen LogP contribution in [-0.4, -0.2) is 13.5 Å². The second-order valence-corrected chi connectivity index (χ2v) is 8.48. The van der Waals surface area contributed by atoms with Gasteiger partial charge < -0.3 is 5.11 Å². The number of aromatic hydroxyl groups is 1. The number of halogens is 2. The first kappa shape index (κ1) is 14.6. The zero-order valence-electron chi connectivity index (χ0n) is 9.65. The first-order chi connectivity index (χ1) is 8.79. The van der Waals surface area contributed by atoms with Crippen LogP contribution in [0.1, 0.15) is 5.56 Å². The summed E-state index contributed by atoms with van der Waals surface area (Å²) in [5.41, 5.74) is 1.11. The van der Waals surface area contributed by atoms with Gasteiger partial charge in [-0.05, 0) is 46.6 Å². The number of benzene rings is 1. The lowest BCUT2D eigenvalue weighted by atomic mass is 10.3. The summed E-state index contributed by atoms with van der Waals surface area (Å²) in [4.78, 5) is 0. The van der Waals surface area contributed by atoms with E-state index in [1.807, 2.05) is 6.92 Å². The van der Waals surface area contributed by atoms with E-state index in [0.29, 0.717) is 0 Å². The Bertz CT molecular complexity index is 708. The standard InChI is InChI=1S/C11H9BrClNO3S2/c1-6-4-10(18-11(6)12)19(16,17)14-7-2-3-8(13)9(15)5-7/h2-5,14-15H,1H3. The fraction of sp³-hybridized carbons (Fsp3) is 0.0909. The fourth-order valence-corrected chi connectivity index (χ4v) is 4.74. The average molecular weight is 383 g/mol. The van der Waals surface area contributed by atoms with Crippen molar-refractivity contribution in [2.75, 3.05) is 4.72 Å². The molecule has 0 aliphatic carbocycles. The van der Waals surface area contributed by atoms with Gasteiger partial charge in [-0.25, -0.2) is 8.42 Å². The van der Waals surface area contributed by atoms with Crippen LogP contribution >= 0.6 is 38.9 Å². The molecular formula is C11H9BrClNO3S2. The first-order valence-electron chi connectivity index (χ1n) is 5.07. The monoisotopic (exact) mass is 381 g/mol. The van der Waals surface area contributed by atoms with Crippen LogP contribution in [0.4, 0.5) is 5.69 Å². The molecule has 0 aliphatic rings. The molecule has 0 aliphatic heterocycles. The molecule has 0 fully saturated rings. The summed E-state index contributed by atoms with van der Waals surface area (Å²) in [6.45, 7) is 1.81. The first-order valence-corrected chi connectivity index (χ1v) is 8.54. The summed E-state index contributed by atoms with van der Waals surface area (Å²) < 4.78 is 27.6. The molecule has 0 amide bonds. The average Bonchev–Trinajstić information content (AvgIpc) is 2.65. The molecule has 0 saturated heterocycles. The van der Waals surface area contributed by atoms with Crippen LogP contribution in [-0.2, 0) is 10.0 Å². The van der Waals surface area contributed by atoms with Crippen molar-refractivity contribution in [2.45, 2.75) is 11.1 Å². The summed E-state index contributed by atoms with van der Waals surface area (Å²) in [5, 5.41) is 9.61. The SMILES string of the molecule is Cc1cc(S(=O)(=O)Nc2ccc(Cl)c(O)c2)sc1Br. The molecule has 0 unspecified atom stereocenters. The number of anilines is 1. The minimum absolute atomic E-state index is 0.165. The predicted octanol–water partition coefficient (Wildman–Crippen LogP) is 3.98. The van der Waals surface area contributed by atoms with E-state index in [0.717, 1.165) is 20.7 Å². The lowest BCUT2D eigenvalue weighted by molar-refractivity contribution is 0.476. The maximum Gasteiger partial charge on any atom is 0.271 e. The Morgan fingerprint density at radius 1 is 1.37 bits per heavy atom. The summed E-state index contributed by atoms with van der Waals surface area (Å²) in [5.74, 6) is -0.176. The Morgan fingerprint density at radius 3 is 2.58 bits per heavy atom. The predicted molar refractivity (Wildman–Crippen MR) is 80.7 cm³/mol. The van der Waals surface area contributed by atoms with Gasteiger partial charge in [-0.1, -0.05) is 11.6 Å². The van der Waals surface area contributed by atoms with Gasteiger partial charge in [-0.3, -0.25) is 4.72 Å². The van der Waals surface area contributed by atoms with E-state index < -0.39 is 10.0 Å². The van der Waals surface area contributed by atoms with Crippen LogP contribution in [0.5, 0.6) is 5.75 Å². The van der Waals surface area contributed by atoms with Crippen molar-refractivity contribution < 1.29 is 13.5 Å². The third-order valence-electron chi connectivity index (χ3n) is 2.30. The minimum Gasteiger partial charge on any atom is -0.506 e. The number of hydrogen-bond acceptors (Lipinski definition) is 4. The molecule has 4 nitrogen and oxygen atoms in total. The minimum atomic E-state index is -3.66. The van der Waals surface area contributed by atoms with E-state index >= 15 is 0 Å². The summed E-state index contributed by atoms with van der Waals surface area (Å²) in [6, 6.07) is 5.74. The van der Waals surface area contributed by atoms with Crippen molar-refractivity contribution in [3.8, 4) is 5.75 Å². The Morgan fingerprint density at radius 2 is 2.05 bits per heavy atom. The number of sulfonamides is 1. The maximum absolute atomic E-state index is 12.1. The second-order valence-electron chi connectivity index (χ2n) is 3.79. The Labute approximate surface area is 128 Å². The highest BCUT2D eigenvalue weighted by molar-refractivity contribution is 9.11. The number of rotatable bonds is 3. The Kier molecular flexibility index (Phi) is 4.10. The van der Waals surface area contributed by atoms with E-state index in [4.69, 9.17) is 11.6 Å². The molecule has 102 valence electrons. The van der Waals surface area contributed by atoms with Gasteiger partial charge in [0, 0.05) is 6.07 Å². The summed E-state index contributed by atoms with van der Waals surface area (Å²) >= 11 is 10.1. The molecule has 0 atom stereocenters. The molecule has 19 heavy (non-hydrogen) atoms. The largest absolute Gasteiger partial charge is 0.506 e. The molecule has 0 saturated carbocycles. The van der Waals surface area contributed by atoms with Gasteiger partial charge in [0.2, 0.25) is 0 Å². The van der Waals surface area contributed by atoms with Gasteiger partial charge in [-0.2, -0.15) is 0 Å². The van der Waals surface area contributed by atoms with E-state index in [-0.39, 0.29) is 20.7 Å². The molecule has 0 spiro atoms. The molecule has 2 N–H and O–H groups in total. The number of nitrogens with one attached hydrogen (secondary N) is 1. The zero-order valence-corrected chi connectivity index (χ0v) is 13.6. The van der Waals surface area contributed by atoms with Crippen LogP contribution < -0.4 is 4.72 Å². The normalized spacial score (nSPS) is 11.5. The van der Waals surface area contributed by atoms with Gasteiger partial charge >= 0.3 is 0 Å². The summed E-state index contributed by atoms with van der Waals surface area (Å²) in [6.07, 6.45) is 0. The quantitative estimate of drug-likeness (QED) is 0.844. The van der Waals surface area contributed by atoms with E-state index in [9.17, 15) is 13.5 Å². The van der Waals surface area contributed by atoms with Crippen LogP contribution in [0, 0.1) is 6.92 Å². The molecule has 8 heteroatoms. The Hall–Kier alpha value is -0.760. The third kappa shape index (κ3) is 3.22. The highest BCUT2D eigenvalue weighted by Gasteiger charge is 2.18. The fourth-order valence-electron chi connectivity index (χ4n) is 1.35. The van der Waals surface area contributed by atoms with Crippen LogP contribution in [0.15, 0.2) is 32.3 Å². The zero-order chi connectivity index (χ0) is 14.2. The third-order valence-corrected chi connectivity index (χ3v) is 6.61. The van der Waals surface area contributed by atoms with Crippen molar-refractivity contribution in [1.82, 2.24) is 0 Å². The van der Waals surface area contributed by atoms with Gasteiger partial charge in [0.05, 0.1) is 14.5 Å². The second kappa shape index (κ2) is 5.32. The van der Waals surface area contributed by atoms with E-state index in [1.165, 1.54) is 18.2 Å². The molecule has 1 aromatic carbocycles. The molecule has 1 heterocycles. The highest BCUT2D eigenvalue weighted by Crippen LogP contribution is 2.32.